The van der Waals surface area contributed by atoms with Crippen molar-refractivity contribution in [3.8, 4) is 0 Å². The maximum atomic E-state index is 14.0. The Labute approximate surface area is 365 Å². The van der Waals surface area contributed by atoms with Gasteiger partial charge in [0.1, 0.15) is 28.0 Å². The monoisotopic (exact) mass is 924 g/mol. The Morgan fingerprint density at radius 2 is 1.03 bits per heavy atom. The highest BCUT2D eigenvalue weighted by atomic mass is 127. The van der Waals surface area contributed by atoms with Gasteiger partial charge < -0.3 is 24.4 Å². The molecule has 5 atom stereocenters. The van der Waals surface area contributed by atoms with Crippen molar-refractivity contribution in [1.82, 2.24) is 9.55 Å². The molecule has 7 aromatic rings. The summed E-state index contributed by atoms with van der Waals surface area (Å²) in [7, 11) is 0. The van der Waals surface area contributed by atoms with Crippen molar-refractivity contribution < 1.29 is 29.2 Å². The van der Waals surface area contributed by atoms with E-state index < -0.39 is 57.1 Å². The Kier molecular flexibility index (Phi) is 12.4. The number of aliphatic hydroxyl groups is 2. The number of carbonyl (C=O) groups excluding carboxylic acids is 1. The van der Waals surface area contributed by atoms with Gasteiger partial charge >= 0.3 is 11.7 Å². The van der Waals surface area contributed by atoms with Crippen molar-refractivity contribution in [2.24, 2.45) is 0 Å². The summed E-state index contributed by atoms with van der Waals surface area (Å²) in [5.74, 6) is -0.770. The predicted molar refractivity (Wildman–Crippen MR) is 240 cm³/mol. The molecule has 0 spiro atoms. The molecule has 0 aliphatic carbocycles. The molecule has 3 N–H and O–H groups in total. The topological polar surface area (TPSA) is 140 Å². The van der Waals surface area contributed by atoms with Crippen LogP contribution in [-0.4, -0.2) is 48.2 Å². The van der Waals surface area contributed by atoms with Crippen LogP contribution in [0, 0.1) is 0 Å². The minimum atomic E-state index is -1.46. The van der Waals surface area contributed by atoms with Gasteiger partial charge in [-0.1, -0.05) is 182 Å². The summed E-state index contributed by atoms with van der Waals surface area (Å²) < 4.78 is 19.8. The van der Waals surface area contributed by atoms with Crippen LogP contribution >= 0.6 is 22.6 Å². The van der Waals surface area contributed by atoms with Crippen molar-refractivity contribution >= 4 is 34.6 Å². The highest BCUT2D eigenvalue weighted by molar-refractivity contribution is 14.1. The van der Waals surface area contributed by atoms with Gasteiger partial charge in [-0.25, -0.2) is 9.59 Å². The largest absolute Gasteiger partial charge is 0.441 e. The summed E-state index contributed by atoms with van der Waals surface area (Å²) in [6.45, 7) is 0. The molecule has 1 aliphatic heterocycles. The lowest BCUT2D eigenvalue weighted by Crippen LogP contribution is -2.46. The normalized spacial score (nSPS) is 18.5. The number of aromatic amines is 1. The third-order valence-corrected chi connectivity index (χ3v) is 11.5. The number of carbonyl (C=O) groups is 1. The second-order valence-electron chi connectivity index (χ2n) is 14.5. The van der Waals surface area contributed by atoms with Crippen LogP contribution in [0.2, 0.25) is 0 Å². The SMILES string of the molecule is O=C(C=Cc1cn([C@@H]2O[C@H](C(O)I)[C@@H](O)[C@H]2OC(c2ccccc2)(c2ccccc2)c2ccccc2)c(=O)[nH]c1=O)OC(c1ccccc1)(c1ccccc1)c1ccccc1. The molecule has 0 bridgehead atoms. The summed E-state index contributed by atoms with van der Waals surface area (Å²) in [6.07, 6.45) is -1.70. The second-order valence-corrected chi connectivity index (χ2v) is 15.8. The van der Waals surface area contributed by atoms with E-state index in [1.54, 1.807) is 22.6 Å². The third kappa shape index (κ3) is 8.18. The van der Waals surface area contributed by atoms with E-state index in [2.05, 4.69) is 4.98 Å². The molecule has 1 aromatic heterocycles. The number of aliphatic hydroxyl groups excluding tert-OH is 2. The zero-order chi connectivity index (χ0) is 42.4. The number of H-pyrrole nitrogens is 1. The predicted octanol–water partition coefficient (Wildman–Crippen LogP) is 7.47. The second kappa shape index (κ2) is 18.2. The van der Waals surface area contributed by atoms with Crippen molar-refractivity contribution in [3.63, 3.8) is 0 Å². The van der Waals surface area contributed by atoms with E-state index in [4.69, 9.17) is 14.2 Å². The molecule has 1 unspecified atom stereocenters. The van der Waals surface area contributed by atoms with E-state index >= 15 is 0 Å². The van der Waals surface area contributed by atoms with E-state index in [1.165, 1.54) is 12.3 Å². The number of esters is 1. The molecule has 2 heterocycles. The summed E-state index contributed by atoms with van der Waals surface area (Å²) in [4.78, 5) is 43.6. The first kappa shape index (κ1) is 41.5. The van der Waals surface area contributed by atoms with Crippen molar-refractivity contribution in [3.05, 3.63) is 254 Å². The number of hydrogen-bond donors (Lipinski definition) is 3. The number of nitrogens with one attached hydrogen (secondary N) is 1. The van der Waals surface area contributed by atoms with E-state index in [0.29, 0.717) is 16.7 Å². The molecule has 61 heavy (non-hydrogen) atoms. The average Bonchev–Trinajstić information content (AvgIpc) is 3.63. The maximum absolute atomic E-state index is 14.0. The summed E-state index contributed by atoms with van der Waals surface area (Å²) in [5.41, 5.74) is -0.164. The van der Waals surface area contributed by atoms with Gasteiger partial charge in [-0.05, 0) is 45.4 Å². The number of nitrogens with zero attached hydrogens (tertiary/aromatic N) is 1. The number of aromatic nitrogens is 2. The zero-order valence-electron chi connectivity index (χ0n) is 32.6. The minimum Gasteiger partial charge on any atom is -0.441 e. The Morgan fingerprint density at radius 1 is 0.656 bits per heavy atom. The quantitative estimate of drug-likeness (QED) is 0.0356. The molecular weight excluding hydrogens is 883 g/mol. The van der Waals surface area contributed by atoms with Crippen LogP contribution in [0.1, 0.15) is 45.2 Å². The minimum absolute atomic E-state index is 0.0861. The van der Waals surface area contributed by atoms with Crippen LogP contribution < -0.4 is 11.2 Å². The summed E-state index contributed by atoms with van der Waals surface area (Å²) in [6, 6.07) is 56.6. The van der Waals surface area contributed by atoms with Crippen molar-refractivity contribution in [2.45, 2.75) is 39.9 Å². The lowest BCUT2D eigenvalue weighted by atomic mass is 9.79. The first-order valence-electron chi connectivity index (χ1n) is 19.7. The van der Waals surface area contributed by atoms with Crippen molar-refractivity contribution in [1.29, 1.82) is 0 Å². The zero-order valence-corrected chi connectivity index (χ0v) is 34.8. The van der Waals surface area contributed by atoms with Gasteiger partial charge in [-0.2, -0.15) is 0 Å². The molecule has 306 valence electrons. The Hall–Kier alpha value is -6.22. The molecule has 8 rings (SSSR count). The lowest BCUT2D eigenvalue weighted by Gasteiger charge is -2.40. The van der Waals surface area contributed by atoms with Crippen LogP contribution in [0.5, 0.6) is 0 Å². The maximum Gasteiger partial charge on any atom is 0.332 e. The van der Waals surface area contributed by atoms with Gasteiger partial charge in [0, 0.05) is 29.0 Å². The fourth-order valence-electron chi connectivity index (χ4n) is 8.03. The number of benzene rings is 6. The van der Waals surface area contributed by atoms with Crippen LogP contribution in [-0.2, 0) is 30.2 Å². The number of hydrogen-bond acceptors (Lipinski definition) is 8. The molecule has 6 aromatic carbocycles. The van der Waals surface area contributed by atoms with Gasteiger partial charge in [-0.3, -0.25) is 14.3 Å². The molecule has 1 saturated heterocycles. The molecule has 10 nitrogen and oxygen atoms in total. The molecular formula is C50H41IN2O8. The van der Waals surface area contributed by atoms with Gasteiger partial charge in [0.05, 0.1) is 5.56 Å². The highest BCUT2D eigenvalue weighted by Gasteiger charge is 2.53. The Bertz CT molecular complexity index is 2500. The van der Waals surface area contributed by atoms with Crippen LogP contribution in [0.15, 0.2) is 204 Å². The van der Waals surface area contributed by atoms with E-state index in [-0.39, 0.29) is 5.56 Å². The molecule has 0 amide bonds. The Morgan fingerprint density at radius 3 is 1.41 bits per heavy atom. The number of ether oxygens (including phenoxy) is 3. The fourth-order valence-corrected chi connectivity index (χ4v) is 8.62. The first-order chi connectivity index (χ1) is 29.7. The lowest BCUT2D eigenvalue weighted by molar-refractivity contribution is -0.147. The van der Waals surface area contributed by atoms with Crippen molar-refractivity contribution in [2.75, 3.05) is 0 Å². The van der Waals surface area contributed by atoms with E-state index in [1.807, 2.05) is 182 Å². The van der Waals surface area contributed by atoms with Gasteiger partial charge in [0.25, 0.3) is 5.56 Å². The number of rotatable bonds is 13. The van der Waals surface area contributed by atoms with Gasteiger partial charge in [-0.15, -0.1) is 0 Å². The first-order valence-corrected chi connectivity index (χ1v) is 20.9. The molecule has 0 saturated carbocycles. The van der Waals surface area contributed by atoms with E-state index in [0.717, 1.165) is 27.3 Å². The smallest absolute Gasteiger partial charge is 0.332 e. The molecule has 1 fully saturated rings. The molecule has 0 radical (unpaired) electrons. The fraction of sp³-hybridized carbons (Fsp3) is 0.140. The molecule has 11 heteroatoms. The average molecular weight is 925 g/mol. The number of alkyl halides is 1. The molecule has 1 aliphatic rings. The third-order valence-electron chi connectivity index (χ3n) is 10.8. The van der Waals surface area contributed by atoms with E-state index in [9.17, 15) is 24.6 Å². The standard InChI is InChI=1S/C50H41IN2O8/c51-45(56)43-42(55)44(61-50(38-25-13-4-14-26-38,39-27-15-5-16-28-39)40-29-17-6-18-30-40)47(59-43)53-33-34(46(57)52-48(53)58)31-32-41(54)60-49(35-19-7-1-8-20-35,36-21-9-2-10-22-36)37-23-11-3-12-24-37/h1-33,42-45,47,55-56H,(H,52,57,58)/t42-,43+,44-,45?,47-/m1/s1. The van der Waals surface area contributed by atoms with Gasteiger partial charge in [0.2, 0.25) is 0 Å². The Balaban J connectivity index is 1.20. The highest BCUT2D eigenvalue weighted by Crippen LogP contribution is 2.46. The van der Waals surface area contributed by atoms with Crippen LogP contribution in [0.3, 0.4) is 0 Å². The van der Waals surface area contributed by atoms with Gasteiger partial charge in [0.15, 0.2) is 11.8 Å². The summed E-state index contributed by atoms with van der Waals surface area (Å²) >= 11 is 1.74. The van der Waals surface area contributed by atoms with Crippen LogP contribution in [0.25, 0.3) is 6.08 Å². The summed E-state index contributed by atoms with van der Waals surface area (Å²) in [5, 5.41) is 22.8. The van der Waals surface area contributed by atoms with Crippen LogP contribution in [0.4, 0.5) is 0 Å². The number of halogens is 1.